The molecule has 2 N–H and O–H groups in total. The fraction of sp³-hybridized carbons (Fsp3) is 0.533. The zero-order valence-electron chi connectivity index (χ0n) is 11.9. The number of carbonyl (C=O) groups excluding carboxylic acids is 1. The number of hydrogen-bond donors (Lipinski definition) is 2. The first-order valence-electron chi connectivity index (χ1n) is 6.81. The summed E-state index contributed by atoms with van der Waals surface area (Å²) in [5.41, 5.74) is 0.410. The van der Waals surface area contributed by atoms with Crippen molar-refractivity contribution in [2.75, 3.05) is 26.7 Å². The molecule has 1 saturated heterocycles. The number of ether oxygens (including phenoxy) is 1. The molecule has 0 bridgehead atoms. The Labute approximate surface area is 118 Å². The second kappa shape index (κ2) is 6.24. The monoisotopic (exact) mass is 279 g/mol. The first-order valence-corrected chi connectivity index (χ1v) is 6.81. The molecule has 5 nitrogen and oxygen atoms in total. The van der Waals surface area contributed by atoms with Crippen LogP contribution < -0.4 is 0 Å². The lowest BCUT2D eigenvalue weighted by Gasteiger charge is -2.35. The number of methoxy groups -OCH3 is 1. The summed E-state index contributed by atoms with van der Waals surface area (Å²) in [4.78, 5) is 14.2. The van der Waals surface area contributed by atoms with E-state index in [4.69, 9.17) is 4.74 Å². The smallest absolute Gasteiger partial charge is 0.176 e. The molecule has 110 valence electrons. The Morgan fingerprint density at radius 3 is 2.80 bits per heavy atom. The van der Waals surface area contributed by atoms with Gasteiger partial charge in [-0.05, 0) is 37.1 Å². The van der Waals surface area contributed by atoms with Gasteiger partial charge in [0, 0.05) is 19.2 Å². The number of Topliss-reactive ketones (excluding diaryl/α,β-unsaturated/α-hetero) is 1. The average molecular weight is 279 g/mol. The molecule has 0 aromatic heterocycles. The van der Waals surface area contributed by atoms with Crippen LogP contribution in [0.4, 0.5) is 0 Å². The highest BCUT2D eigenvalue weighted by molar-refractivity contribution is 5.98. The van der Waals surface area contributed by atoms with Crippen molar-refractivity contribution in [3.05, 3.63) is 23.8 Å². The molecule has 5 heteroatoms. The predicted molar refractivity (Wildman–Crippen MR) is 75.1 cm³/mol. The summed E-state index contributed by atoms with van der Waals surface area (Å²) in [5, 5.41) is 18.7. The van der Waals surface area contributed by atoms with E-state index in [9.17, 15) is 15.0 Å². The number of benzene rings is 1. The van der Waals surface area contributed by atoms with Crippen molar-refractivity contribution < 1.29 is 19.7 Å². The zero-order chi connectivity index (χ0) is 14.7. The number of ketones is 1. The van der Waals surface area contributed by atoms with E-state index >= 15 is 0 Å². The SMILES string of the molecule is COC1CN(CC(=O)c2ccc(O)c(O)c2)CCC1C. The molecule has 0 saturated carbocycles. The van der Waals surface area contributed by atoms with E-state index in [1.54, 1.807) is 7.11 Å². The van der Waals surface area contributed by atoms with Crippen molar-refractivity contribution in [1.29, 1.82) is 0 Å². The van der Waals surface area contributed by atoms with Gasteiger partial charge >= 0.3 is 0 Å². The minimum Gasteiger partial charge on any atom is -0.504 e. The summed E-state index contributed by atoms with van der Waals surface area (Å²) >= 11 is 0. The second-order valence-electron chi connectivity index (χ2n) is 5.40. The summed E-state index contributed by atoms with van der Waals surface area (Å²) in [5.74, 6) is -0.0422. The van der Waals surface area contributed by atoms with Crippen LogP contribution in [0.2, 0.25) is 0 Å². The largest absolute Gasteiger partial charge is 0.504 e. The van der Waals surface area contributed by atoms with Crippen molar-refractivity contribution in [1.82, 2.24) is 4.90 Å². The lowest BCUT2D eigenvalue weighted by atomic mass is 9.95. The van der Waals surface area contributed by atoms with Gasteiger partial charge in [-0.1, -0.05) is 6.92 Å². The Morgan fingerprint density at radius 1 is 1.40 bits per heavy atom. The molecular formula is C15H21NO4. The van der Waals surface area contributed by atoms with Crippen LogP contribution in [0.5, 0.6) is 11.5 Å². The van der Waals surface area contributed by atoms with Crippen LogP contribution in [0.15, 0.2) is 18.2 Å². The lowest BCUT2D eigenvalue weighted by molar-refractivity contribution is -0.00324. The number of nitrogens with zero attached hydrogens (tertiary/aromatic N) is 1. The molecule has 1 aliphatic rings. The van der Waals surface area contributed by atoms with Crippen LogP contribution in [0.3, 0.4) is 0 Å². The number of rotatable bonds is 4. The third-order valence-corrected chi connectivity index (χ3v) is 3.94. The van der Waals surface area contributed by atoms with E-state index in [0.29, 0.717) is 18.0 Å². The van der Waals surface area contributed by atoms with Crippen LogP contribution >= 0.6 is 0 Å². The molecule has 1 aromatic carbocycles. The standard InChI is InChI=1S/C15H21NO4/c1-10-5-6-16(9-15(10)20-2)8-14(19)11-3-4-12(17)13(18)7-11/h3-4,7,10,15,17-18H,5-6,8-9H2,1-2H3. The van der Waals surface area contributed by atoms with Crippen molar-refractivity contribution in [3.8, 4) is 11.5 Å². The van der Waals surface area contributed by atoms with Crippen LogP contribution in [-0.4, -0.2) is 53.7 Å². The van der Waals surface area contributed by atoms with Crippen molar-refractivity contribution >= 4 is 5.78 Å². The van der Waals surface area contributed by atoms with Gasteiger partial charge in [0.2, 0.25) is 0 Å². The number of hydrogen-bond acceptors (Lipinski definition) is 5. The maximum atomic E-state index is 12.2. The summed E-state index contributed by atoms with van der Waals surface area (Å²) < 4.78 is 5.43. The molecule has 0 radical (unpaired) electrons. The maximum Gasteiger partial charge on any atom is 0.176 e. The second-order valence-corrected chi connectivity index (χ2v) is 5.40. The van der Waals surface area contributed by atoms with Crippen LogP contribution in [0.25, 0.3) is 0 Å². The van der Waals surface area contributed by atoms with Gasteiger partial charge in [-0.2, -0.15) is 0 Å². The third kappa shape index (κ3) is 3.29. The molecule has 0 amide bonds. The van der Waals surface area contributed by atoms with Gasteiger partial charge in [-0.15, -0.1) is 0 Å². The molecule has 0 spiro atoms. The summed E-state index contributed by atoms with van der Waals surface area (Å²) in [7, 11) is 1.70. The van der Waals surface area contributed by atoms with E-state index in [2.05, 4.69) is 11.8 Å². The van der Waals surface area contributed by atoms with E-state index in [0.717, 1.165) is 19.5 Å². The molecule has 20 heavy (non-hydrogen) atoms. The minimum absolute atomic E-state index is 0.0651. The Morgan fingerprint density at radius 2 is 2.15 bits per heavy atom. The van der Waals surface area contributed by atoms with Crippen LogP contribution in [-0.2, 0) is 4.74 Å². The molecule has 2 rings (SSSR count). The van der Waals surface area contributed by atoms with Gasteiger partial charge in [-0.25, -0.2) is 0 Å². The normalized spacial score (nSPS) is 23.7. The predicted octanol–water partition coefficient (Wildman–Crippen LogP) is 1.64. The first-order chi connectivity index (χ1) is 9.51. The summed E-state index contributed by atoms with van der Waals surface area (Å²) in [6.07, 6.45) is 1.16. The lowest BCUT2D eigenvalue weighted by Crippen LogP contribution is -2.45. The molecule has 2 atom stereocenters. The van der Waals surface area contributed by atoms with Gasteiger partial charge < -0.3 is 14.9 Å². The topological polar surface area (TPSA) is 70.0 Å². The Hall–Kier alpha value is -1.59. The van der Waals surface area contributed by atoms with Crippen LogP contribution in [0.1, 0.15) is 23.7 Å². The molecule has 1 aromatic rings. The maximum absolute atomic E-state index is 12.2. The van der Waals surface area contributed by atoms with Gasteiger partial charge in [0.05, 0.1) is 12.6 Å². The molecule has 2 unspecified atom stereocenters. The summed E-state index contributed by atoms with van der Waals surface area (Å²) in [6.45, 7) is 4.08. The molecule has 1 heterocycles. The van der Waals surface area contributed by atoms with E-state index in [1.807, 2.05) is 0 Å². The Bertz CT molecular complexity index is 489. The van der Waals surface area contributed by atoms with Gasteiger partial charge in [0.1, 0.15) is 0 Å². The highest BCUT2D eigenvalue weighted by Gasteiger charge is 2.27. The molecule has 1 fully saturated rings. The Kier molecular flexibility index (Phi) is 4.62. The quantitative estimate of drug-likeness (QED) is 0.647. The fourth-order valence-corrected chi connectivity index (χ4v) is 2.54. The van der Waals surface area contributed by atoms with Gasteiger partial charge in [0.25, 0.3) is 0 Å². The number of phenols is 2. The van der Waals surface area contributed by atoms with E-state index in [1.165, 1.54) is 18.2 Å². The fourth-order valence-electron chi connectivity index (χ4n) is 2.54. The Balaban J connectivity index is 1.99. The highest BCUT2D eigenvalue weighted by Crippen LogP contribution is 2.25. The number of likely N-dealkylation sites (tertiary alicyclic amines) is 1. The molecular weight excluding hydrogens is 258 g/mol. The highest BCUT2D eigenvalue weighted by atomic mass is 16.5. The first kappa shape index (κ1) is 14.8. The van der Waals surface area contributed by atoms with Crippen molar-refractivity contribution in [3.63, 3.8) is 0 Å². The minimum atomic E-state index is -0.266. The molecule has 0 aliphatic carbocycles. The van der Waals surface area contributed by atoms with E-state index < -0.39 is 0 Å². The number of phenolic OH excluding ortho intramolecular Hbond substituents is 2. The third-order valence-electron chi connectivity index (χ3n) is 3.94. The van der Waals surface area contributed by atoms with Crippen molar-refractivity contribution in [2.24, 2.45) is 5.92 Å². The van der Waals surface area contributed by atoms with Crippen LogP contribution in [0, 0.1) is 5.92 Å². The van der Waals surface area contributed by atoms with Crippen molar-refractivity contribution in [2.45, 2.75) is 19.4 Å². The molecule has 1 aliphatic heterocycles. The summed E-state index contributed by atoms with van der Waals surface area (Å²) in [6, 6.07) is 4.16. The number of carbonyl (C=O) groups is 1. The number of aromatic hydroxyl groups is 2. The zero-order valence-corrected chi connectivity index (χ0v) is 11.9. The number of piperidine rings is 1. The average Bonchev–Trinajstić information content (AvgIpc) is 2.43. The van der Waals surface area contributed by atoms with E-state index in [-0.39, 0.29) is 23.4 Å². The van der Waals surface area contributed by atoms with Gasteiger partial charge in [0.15, 0.2) is 17.3 Å². The van der Waals surface area contributed by atoms with Gasteiger partial charge in [-0.3, -0.25) is 9.69 Å².